The highest BCUT2D eigenvalue weighted by Crippen LogP contribution is 2.34. The van der Waals surface area contributed by atoms with Crippen molar-refractivity contribution in [3.05, 3.63) is 86.3 Å². The lowest BCUT2D eigenvalue weighted by Crippen LogP contribution is -2.09. The molecule has 1 aliphatic rings. The van der Waals surface area contributed by atoms with E-state index in [1.807, 2.05) is 60.7 Å². The Balaban J connectivity index is 1.40. The van der Waals surface area contributed by atoms with Crippen molar-refractivity contribution in [3.8, 4) is 11.5 Å². The molecule has 5 rings (SSSR count). The standard InChI is InChI=1S/C25H22N2O3S/c1-29-19-12-10-16(14-20(19)30-15-17-6-3-2-4-7-17)11-13-22-26-24(28)23-18-8-5-9-21(18)31-25(23)27-22/h2-4,6-7,10-14H,5,8-9,15H2,1H3,(H,26,27,28). The second kappa shape index (κ2) is 8.40. The lowest BCUT2D eigenvalue weighted by molar-refractivity contribution is 0.284. The zero-order valence-electron chi connectivity index (χ0n) is 17.2. The first-order valence-electron chi connectivity index (χ1n) is 10.3. The van der Waals surface area contributed by atoms with E-state index in [0.29, 0.717) is 23.9 Å². The lowest BCUT2D eigenvalue weighted by atomic mass is 10.1. The van der Waals surface area contributed by atoms with Crippen LogP contribution in [-0.2, 0) is 19.4 Å². The molecule has 0 unspecified atom stereocenters. The lowest BCUT2D eigenvalue weighted by Gasteiger charge is -2.11. The zero-order chi connectivity index (χ0) is 21.2. The highest BCUT2D eigenvalue weighted by atomic mass is 32.1. The summed E-state index contributed by atoms with van der Waals surface area (Å²) >= 11 is 1.65. The Hall–Kier alpha value is -3.38. The van der Waals surface area contributed by atoms with Crippen LogP contribution in [0.5, 0.6) is 11.5 Å². The molecule has 1 aliphatic carbocycles. The van der Waals surface area contributed by atoms with Gasteiger partial charge in [-0.1, -0.05) is 42.5 Å². The van der Waals surface area contributed by atoms with Gasteiger partial charge in [0.05, 0.1) is 12.5 Å². The van der Waals surface area contributed by atoms with Gasteiger partial charge in [-0.2, -0.15) is 0 Å². The number of nitrogens with zero attached hydrogens (tertiary/aromatic N) is 1. The van der Waals surface area contributed by atoms with Gasteiger partial charge in [0.1, 0.15) is 17.3 Å². The van der Waals surface area contributed by atoms with E-state index in [-0.39, 0.29) is 5.56 Å². The predicted molar refractivity (Wildman–Crippen MR) is 125 cm³/mol. The van der Waals surface area contributed by atoms with Crippen LogP contribution in [0.1, 0.15) is 33.8 Å². The molecule has 1 N–H and O–H groups in total. The first-order valence-corrected chi connectivity index (χ1v) is 11.1. The van der Waals surface area contributed by atoms with Gasteiger partial charge in [0, 0.05) is 4.88 Å². The molecule has 6 heteroatoms. The molecule has 0 aliphatic heterocycles. The van der Waals surface area contributed by atoms with E-state index in [9.17, 15) is 4.79 Å². The van der Waals surface area contributed by atoms with Crippen molar-refractivity contribution in [2.24, 2.45) is 0 Å². The Kier molecular flexibility index (Phi) is 5.30. The number of rotatable bonds is 6. The summed E-state index contributed by atoms with van der Waals surface area (Å²) < 4.78 is 11.4. The van der Waals surface area contributed by atoms with Crippen LogP contribution in [0, 0.1) is 0 Å². The Bertz CT molecular complexity index is 1320. The van der Waals surface area contributed by atoms with Gasteiger partial charge in [-0.15, -0.1) is 11.3 Å². The van der Waals surface area contributed by atoms with Gasteiger partial charge in [-0.25, -0.2) is 4.98 Å². The number of aryl methyl sites for hydroxylation is 2. The number of benzene rings is 2. The fourth-order valence-electron chi connectivity index (χ4n) is 3.92. The van der Waals surface area contributed by atoms with Crippen LogP contribution >= 0.6 is 11.3 Å². The van der Waals surface area contributed by atoms with Crippen LogP contribution in [0.15, 0.2) is 53.3 Å². The van der Waals surface area contributed by atoms with Crippen molar-refractivity contribution < 1.29 is 9.47 Å². The molecule has 2 aromatic carbocycles. The normalized spacial score (nSPS) is 13.1. The van der Waals surface area contributed by atoms with Gasteiger partial charge >= 0.3 is 0 Å². The average Bonchev–Trinajstić information content (AvgIpc) is 3.38. The number of hydrogen-bond acceptors (Lipinski definition) is 5. The molecule has 5 nitrogen and oxygen atoms in total. The van der Waals surface area contributed by atoms with Crippen molar-refractivity contribution in [1.82, 2.24) is 9.97 Å². The monoisotopic (exact) mass is 430 g/mol. The Labute approximate surface area is 184 Å². The Morgan fingerprint density at radius 2 is 1.97 bits per heavy atom. The molecule has 0 radical (unpaired) electrons. The summed E-state index contributed by atoms with van der Waals surface area (Å²) in [4.78, 5) is 22.4. The molecule has 0 fully saturated rings. The van der Waals surface area contributed by atoms with Crippen molar-refractivity contribution in [3.63, 3.8) is 0 Å². The zero-order valence-corrected chi connectivity index (χ0v) is 18.0. The number of nitrogens with one attached hydrogen (secondary N) is 1. The van der Waals surface area contributed by atoms with E-state index in [2.05, 4.69) is 9.97 Å². The van der Waals surface area contributed by atoms with Crippen LogP contribution in [0.3, 0.4) is 0 Å². The number of hydrogen-bond donors (Lipinski definition) is 1. The maximum atomic E-state index is 12.6. The number of fused-ring (bicyclic) bond motifs is 3. The summed E-state index contributed by atoms with van der Waals surface area (Å²) in [5, 5.41) is 0.774. The first kappa shape index (κ1) is 19.6. The third-order valence-electron chi connectivity index (χ3n) is 5.45. The topological polar surface area (TPSA) is 64.2 Å². The third-order valence-corrected chi connectivity index (χ3v) is 6.64. The number of aromatic nitrogens is 2. The van der Waals surface area contributed by atoms with Gasteiger partial charge in [0.25, 0.3) is 5.56 Å². The molecule has 31 heavy (non-hydrogen) atoms. The Morgan fingerprint density at radius 1 is 1.10 bits per heavy atom. The molecule has 2 aromatic heterocycles. The summed E-state index contributed by atoms with van der Waals surface area (Å²) in [7, 11) is 1.63. The Morgan fingerprint density at radius 3 is 2.81 bits per heavy atom. The SMILES string of the molecule is COc1ccc(C=Cc2nc3sc4c(c3c(=O)[nH]2)CCC4)cc1OCc1ccccc1. The van der Waals surface area contributed by atoms with Gasteiger partial charge in [0.15, 0.2) is 11.5 Å². The van der Waals surface area contributed by atoms with Crippen LogP contribution in [0.25, 0.3) is 22.4 Å². The van der Waals surface area contributed by atoms with Crippen molar-refractivity contribution in [2.75, 3.05) is 7.11 Å². The van der Waals surface area contributed by atoms with Crippen LogP contribution < -0.4 is 15.0 Å². The summed E-state index contributed by atoms with van der Waals surface area (Å²) in [6, 6.07) is 15.8. The molecule has 0 saturated heterocycles. The average molecular weight is 431 g/mol. The van der Waals surface area contributed by atoms with Crippen molar-refractivity contribution in [1.29, 1.82) is 0 Å². The highest BCUT2D eigenvalue weighted by Gasteiger charge is 2.20. The van der Waals surface area contributed by atoms with Gasteiger partial charge in [-0.3, -0.25) is 4.79 Å². The number of methoxy groups -OCH3 is 1. The van der Waals surface area contributed by atoms with Crippen molar-refractivity contribution in [2.45, 2.75) is 25.9 Å². The summed E-state index contributed by atoms with van der Waals surface area (Å²) in [5.74, 6) is 1.90. The van der Waals surface area contributed by atoms with Gasteiger partial charge < -0.3 is 14.5 Å². The van der Waals surface area contributed by atoms with Crippen LogP contribution in [0.4, 0.5) is 0 Å². The number of thiophene rings is 1. The fraction of sp³-hybridized carbons (Fsp3) is 0.200. The smallest absolute Gasteiger partial charge is 0.260 e. The predicted octanol–water partition coefficient (Wildman–Crippen LogP) is 5.23. The van der Waals surface area contributed by atoms with Crippen LogP contribution in [0.2, 0.25) is 0 Å². The van der Waals surface area contributed by atoms with Gasteiger partial charge in [-0.05, 0) is 54.2 Å². The molecular formula is C25H22N2O3S. The minimum absolute atomic E-state index is 0.0503. The molecule has 2 heterocycles. The molecule has 0 amide bonds. The molecule has 0 spiro atoms. The highest BCUT2D eigenvalue weighted by molar-refractivity contribution is 7.18. The quantitative estimate of drug-likeness (QED) is 0.455. The van der Waals surface area contributed by atoms with E-state index in [1.165, 1.54) is 10.4 Å². The molecule has 4 aromatic rings. The minimum Gasteiger partial charge on any atom is -0.493 e. The summed E-state index contributed by atoms with van der Waals surface area (Å²) in [6.07, 6.45) is 6.91. The van der Waals surface area contributed by atoms with E-state index in [1.54, 1.807) is 18.4 Å². The summed E-state index contributed by atoms with van der Waals surface area (Å²) in [6.45, 7) is 0.457. The van der Waals surface area contributed by atoms with E-state index < -0.39 is 0 Å². The number of aromatic amines is 1. The molecule has 0 atom stereocenters. The van der Waals surface area contributed by atoms with E-state index in [4.69, 9.17) is 9.47 Å². The molecule has 0 saturated carbocycles. The first-order chi connectivity index (χ1) is 15.2. The molecule has 156 valence electrons. The molecule has 0 bridgehead atoms. The third kappa shape index (κ3) is 3.99. The fourth-order valence-corrected chi connectivity index (χ4v) is 5.19. The van der Waals surface area contributed by atoms with Gasteiger partial charge in [0.2, 0.25) is 0 Å². The maximum absolute atomic E-state index is 12.6. The van der Waals surface area contributed by atoms with E-state index in [0.717, 1.165) is 40.6 Å². The number of H-pyrrole nitrogens is 1. The summed E-state index contributed by atoms with van der Waals surface area (Å²) in [5.41, 5.74) is 3.16. The van der Waals surface area contributed by atoms with Crippen LogP contribution in [-0.4, -0.2) is 17.1 Å². The molecular weight excluding hydrogens is 408 g/mol. The second-order valence-corrected chi connectivity index (χ2v) is 8.59. The van der Waals surface area contributed by atoms with E-state index >= 15 is 0 Å². The largest absolute Gasteiger partial charge is 0.493 e. The second-order valence-electron chi connectivity index (χ2n) is 7.51. The maximum Gasteiger partial charge on any atom is 0.260 e. The number of ether oxygens (including phenoxy) is 2. The minimum atomic E-state index is -0.0503. The van der Waals surface area contributed by atoms with Crippen molar-refractivity contribution >= 4 is 33.7 Å².